The average Bonchev–Trinajstić information content (AvgIpc) is 3.30. The van der Waals surface area contributed by atoms with E-state index in [4.69, 9.17) is 4.74 Å². The first-order valence-corrected chi connectivity index (χ1v) is 10.7. The monoisotopic (exact) mass is 454 g/mol. The zero-order valence-electron chi connectivity index (χ0n) is 17.4. The molecule has 0 spiro atoms. The van der Waals surface area contributed by atoms with Crippen molar-refractivity contribution >= 4 is 28.5 Å². The van der Waals surface area contributed by atoms with E-state index in [-0.39, 0.29) is 54.7 Å². The molecule has 1 aromatic carbocycles. The molecule has 1 aromatic heterocycles. The van der Waals surface area contributed by atoms with Crippen LogP contribution in [0.3, 0.4) is 0 Å². The Kier molecular flexibility index (Phi) is 7.37. The van der Waals surface area contributed by atoms with Gasteiger partial charge in [-0.2, -0.15) is 13.2 Å². The molecule has 0 aliphatic carbocycles. The fraction of sp³-hybridized carbons (Fsp3) is 0.500. The third kappa shape index (κ3) is 5.87. The highest BCUT2D eigenvalue weighted by atomic mass is 32.1. The zero-order valence-corrected chi connectivity index (χ0v) is 18.2. The van der Waals surface area contributed by atoms with Gasteiger partial charge in [0.15, 0.2) is 11.5 Å². The van der Waals surface area contributed by atoms with E-state index in [2.05, 4.69) is 19.4 Å². The summed E-state index contributed by atoms with van der Waals surface area (Å²) in [6.07, 6.45) is 0.213. The van der Waals surface area contributed by atoms with Gasteiger partial charge in [-0.1, -0.05) is 19.9 Å². The van der Waals surface area contributed by atoms with Crippen molar-refractivity contribution in [3.05, 3.63) is 29.6 Å². The number of likely N-dealkylation sites (tertiary alicyclic amines) is 1. The quantitative estimate of drug-likeness (QED) is 0.622. The first-order chi connectivity index (χ1) is 14.8. The van der Waals surface area contributed by atoms with Crippen LogP contribution in [0.5, 0.6) is 11.5 Å². The predicted molar refractivity (Wildman–Crippen MR) is 111 cm³/mol. The molecule has 1 atom stereocenters. The van der Waals surface area contributed by atoms with Gasteiger partial charge in [0.2, 0.25) is 16.9 Å². The average molecular weight is 454 g/mol. The Labute approximate surface area is 182 Å². The second kappa shape index (κ2) is 9.99. The molecule has 8 nitrogen and oxygen atoms in total. The fourth-order valence-corrected chi connectivity index (χ4v) is 3.97. The molecule has 168 valence electrons. The van der Waals surface area contributed by atoms with Crippen molar-refractivity contribution in [2.45, 2.75) is 45.6 Å². The Morgan fingerprint density at radius 3 is 2.77 bits per heavy atom. The van der Waals surface area contributed by atoms with E-state index in [1.807, 2.05) is 13.8 Å². The predicted octanol–water partition coefficient (Wildman–Crippen LogP) is 3.62. The molecule has 1 N–H and O–H groups in total. The van der Waals surface area contributed by atoms with Crippen LogP contribution in [0.4, 0.5) is 13.9 Å². The van der Waals surface area contributed by atoms with Crippen LogP contribution in [0.15, 0.2) is 18.2 Å². The number of carbonyl (C=O) groups excluding carboxylic acids is 2. The molecule has 1 unspecified atom stereocenters. The number of amides is 2. The third-order valence-corrected chi connectivity index (χ3v) is 5.35. The van der Waals surface area contributed by atoms with Crippen LogP contribution in [-0.4, -0.2) is 52.4 Å². The molecular weight excluding hydrogens is 430 g/mol. The van der Waals surface area contributed by atoms with E-state index in [0.717, 1.165) is 17.1 Å². The first kappa shape index (κ1) is 22.9. The molecule has 2 heterocycles. The highest BCUT2D eigenvalue weighted by Crippen LogP contribution is 2.35. The Balaban J connectivity index is 1.63. The van der Waals surface area contributed by atoms with E-state index in [1.165, 1.54) is 11.0 Å². The van der Waals surface area contributed by atoms with Gasteiger partial charge in [0.25, 0.3) is 0 Å². The van der Waals surface area contributed by atoms with Crippen LogP contribution in [0.1, 0.15) is 50.4 Å². The van der Waals surface area contributed by atoms with Crippen molar-refractivity contribution < 1.29 is 27.8 Å². The SMILES string of the molecule is CCOc1cc(C2CC(=O)N(CC(=O)Nc3nc(C(C)C)ns3)C2)ccc1OC(F)F. The van der Waals surface area contributed by atoms with Crippen LogP contribution in [0.2, 0.25) is 0 Å². The van der Waals surface area contributed by atoms with Crippen LogP contribution in [0.25, 0.3) is 0 Å². The van der Waals surface area contributed by atoms with Crippen molar-refractivity contribution in [3.63, 3.8) is 0 Å². The number of carbonyl (C=O) groups is 2. The minimum Gasteiger partial charge on any atom is -0.490 e. The second-order valence-electron chi connectivity index (χ2n) is 7.35. The van der Waals surface area contributed by atoms with Crippen molar-refractivity contribution in [2.24, 2.45) is 0 Å². The Hall–Kier alpha value is -2.82. The largest absolute Gasteiger partial charge is 0.490 e. The smallest absolute Gasteiger partial charge is 0.387 e. The van der Waals surface area contributed by atoms with Crippen molar-refractivity contribution in [1.29, 1.82) is 0 Å². The summed E-state index contributed by atoms with van der Waals surface area (Å²) in [5, 5.41) is 3.07. The third-order valence-electron chi connectivity index (χ3n) is 4.71. The molecule has 3 rings (SSSR count). The van der Waals surface area contributed by atoms with E-state index in [1.54, 1.807) is 19.1 Å². The first-order valence-electron chi connectivity index (χ1n) is 9.89. The number of anilines is 1. The van der Waals surface area contributed by atoms with Gasteiger partial charge in [-0.3, -0.25) is 14.9 Å². The summed E-state index contributed by atoms with van der Waals surface area (Å²) in [4.78, 5) is 30.5. The summed E-state index contributed by atoms with van der Waals surface area (Å²) in [6.45, 7) is 3.21. The molecule has 1 aliphatic heterocycles. The number of aromatic nitrogens is 2. The Bertz CT molecular complexity index is 938. The molecule has 0 radical (unpaired) electrons. The number of ether oxygens (including phenoxy) is 2. The fourth-order valence-electron chi connectivity index (χ4n) is 3.24. The van der Waals surface area contributed by atoms with Gasteiger partial charge in [0, 0.05) is 36.3 Å². The normalized spacial score (nSPS) is 16.3. The molecular formula is C20H24F2N4O4S. The van der Waals surface area contributed by atoms with Crippen molar-refractivity contribution in [3.8, 4) is 11.5 Å². The summed E-state index contributed by atoms with van der Waals surface area (Å²) in [6, 6.07) is 4.65. The maximum Gasteiger partial charge on any atom is 0.387 e. The number of halogens is 2. The molecule has 0 bridgehead atoms. The standard InChI is InChI=1S/C20H24F2N4O4S/c1-4-29-15-7-12(5-6-14(15)30-19(21)22)13-8-17(28)26(9-13)10-16(27)23-20-24-18(11(2)3)25-31-20/h5-7,11,13,19H,4,8-10H2,1-3H3,(H,23,24,25,27). The van der Waals surface area contributed by atoms with Gasteiger partial charge in [-0.15, -0.1) is 0 Å². The zero-order chi connectivity index (χ0) is 22.5. The molecule has 2 aromatic rings. The van der Waals surface area contributed by atoms with Crippen molar-refractivity contribution in [2.75, 3.05) is 25.0 Å². The maximum absolute atomic E-state index is 12.6. The topological polar surface area (TPSA) is 93.7 Å². The van der Waals surface area contributed by atoms with Crippen molar-refractivity contribution in [1.82, 2.24) is 14.3 Å². The molecule has 1 aliphatic rings. The van der Waals surface area contributed by atoms with Gasteiger partial charge in [-0.05, 0) is 24.6 Å². The van der Waals surface area contributed by atoms with Crippen LogP contribution < -0.4 is 14.8 Å². The summed E-state index contributed by atoms with van der Waals surface area (Å²) >= 11 is 1.10. The molecule has 1 saturated heterocycles. The van der Waals surface area contributed by atoms with E-state index in [0.29, 0.717) is 17.5 Å². The van der Waals surface area contributed by atoms with Gasteiger partial charge < -0.3 is 14.4 Å². The summed E-state index contributed by atoms with van der Waals surface area (Å²) in [7, 11) is 0. The summed E-state index contributed by atoms with van der Waals surface area (Å²) < 4.78 is 39.3. The van der Waals surface area contributed by atoms with Gasteiger partial charge in [0.05, 0.1) is 13.2 Å². The highest BCUT2D eigenvalue weighted by Gasteiger charge is 2.32. The highest BCUT2D eigenvalue weighted by molar-refractivity contribution is 7.09. The molecule has 1 fully saturated rings. The minimum absolute atomic E-state index is 0.0565. The lowest BCUT2D eigenvalue weighted by molar-refractivity contribution is -0.131. The number of alkyl halides is 2. The van der Waals surface area contributed by atoms with E-state index < -0.39 is 6.61 Å². The lowest BCUT2D eigenvalue weighted by atomic mass is 9.98. The summed E-state index contributed by atoms with van der Waals surface area (Å²) in [5.41, 5.74) is 0.757. The van der Waals surface area contributed by atoms with Crippen LogP contribution in [-0.2, 0) is 9.59 Å². The van der Waals surface area contributed by atoms with Gasteiger partial charge >= 0.3 is 6.61 Å². The maximum atomic E-state index is 12.6. The molecule has 31 heavy (non-hydrogen) atoms. The van der Waals surface area contributed by atoms with Gasteiger partial charge in [-0.25, -0.2) is 4.98 Å². The van der Waals surface area contributed by atoms with Crippen LogP contribution >= 0.6 is 11.5 Å². The number of nitrogens with one attached hydrogen (secondary N) is 1. The lowest BCUT2D eigenvalue weighted by Crippen LogP contribution is -2.34. The number of hydrogen-bond donors (Lipinski definition) is 1. The summed E-state index contributed by atoms with van der Waals surface area (Å²) in [5.74, 6) is 0.250. The van der Waals surface area contributed by atoms with E-state index >= 15 is 0 Å². The Morgan fingerprint density at radius 1 is 1.35 bits per heavy atom. The number of rotatable bonds is 9. The number of nitrogens with zero attached hydrogens (tertiary/aromatic N) is 3. The minimum atomic E-state index is -2.96. The van der Waals surface area contributed by atoms with Gasteiger partial charge in [0.1, 0.15) is 5.82 Å². The second-order valence-corrected chi connectivity index (χ2v) is 8.11. The Morgan fingerprint density at radius 2 is 2.13 bits per heavy atom. The van der Waals surface area contributed by atoms with E-state index in [9.17, 15) is 18.4 Å². The van der Waals surface area contributed by atoms with Crippen LogP contribution in [0, 0.1) is 0 Å². The number of benzene rings is 1. The molecule has 11 heteroatoms. The molecule has 0 saturated carbocycles. The number of hydrogen-bond acceptors (Lipinski definition) is 7. The molecule has 2 amide bonds. The lowest BCUT2D eigenvalue weighted by Gasteiger charge is -2.17.